The van der Waals surface area contributed by atoms with Gasteiger partial charge in [-0.2, -0.15) is 5.10 Å². The molecule has 18 heavy (non-hydrogen) atoms. The molecule has 0 radical (unpaired) electrons. The molecular formula is C13H16N4O. The molecule has 0 saturated heterocycles. The third-order valence-corrected chi connectivity index (χ3v) is 2.82. The highest BCUT2D eigenvalue weighted by molar-refractivity contribution is 5.95. The highest BCUT2D eigenvalue weighted by Gasteiger charge is 2.09. The molecule has 0 aliphatic rings. The van der Waals surface area contributed by atoms with Gasteiger partial charge >= 0.3 is 0 Å². The third kappa shape index (κ3) is 2.51. The van der Waals surface area contributed by atoms with Crippen LogP contribution in [-0.4, -0.2) is 16.1 Å². The number of aromatic amines is 1. The zero-order chi connectivity index (χ0) is 13.1. The van der Waals surface area contributed by atoms with Gasteiger partial charge in [0.15, 0.2) is 0 Å². The minimum absolute atomic E-state index is 0.104. The van der Waals surface area contributed by atoms with Gasteiger partial charge in [-0.3, -0.25) is 9.89 Å². The summed E-state index contributed by atoms with van der Waals surface area (Å²) in [5.74, 6) is 0.379. The number of nitrogen functional groups attached to an aromatic ring is 1. The van der Waals surface area contributed by atoms with Crippen molar-refractivity contribution in [3.8, 4) is 0 Å². The Morgan fingerprint density at radius 1 is 1.44 bits per heavy atom. The summed E-state index contributed by atoms with van der Waals surface area (Å²) in [6, 6.07) is 5.74. The molecule has 0 bridgehead atoms. The zero-order valence-corrected chi connectivity index (χ0v) is 10.4. The van der Waals surface area contributed by atoms with Gasteiger partial charge in [0.25, 0.3) is 5.91 Å². The lowest BCUT2D eigenvalue weighted by atomic mass is 10.1. The van der Waals surface area contributed by atoms with Gasteiger partial charge in [0.05, 0.1) is 6.20 Å². The van der Waals surface area contributed by atoms with E-state index >= 15 is 0 Å². The van der Waals surface area contributed by atoms with Crippen molar-refractivity contribution in [1.29, 1.82) is 0 Å². The summed E-state index contributed by atoms with van der Waals surface area (Å²) >= 11 is 0. The number of hydrogen-bond acceptors (Lipinski definition) is 3. The second kappa shape index (κ2) is 4.91. The van der Waals surface area contributed by atoms with E-state index in [2.05, 4.69) is 15.5 Å². The molecular weight excluding hydrogens is 228 g/mol. The Hall–Kier alpha value is -2.30. The van der Waals surface area contributed by atoms with Crippen LogP contribution in [0.5, 0.6) is 0 Å². The Labute approximate surface area is 105 Å². The van der Waals surface area contributed by atoms with Crippen LogP contribution in [0.1, 0.15) is 27.0 Å². The zero-order valence-electron chi connectivity index (χ0n) is 10.4. The van der Waals surface area contributed by atoms with Crippen molar-refractivity contribution in [3.63, 3.8) is 0 Å². The van der Waals surface area contributed by atoms with Gasteiger partial charge in [-0.25, -0.2) is 0 Å². The number of carbonyl (C=O) groups excluding carboxylic acids is 1. The molecule has 94 valence electrons. The molecule has 4 N–H and O–H groups in total. The van der Waals surface area contributed by atoms with Crippen molar-refractivity contribution in [2.24, 2.45) is 0 Å². The van der Waals surface area contributed by atoms with Gasteiger partial charge in [-0.1, -0.05) is 17.7 Å². The van der Waals surface area contributed by atoms with E-state index in [9.17, 15) is 4.79 Å². The molecule has 0 aliphatic carbocycles. The van der Waals surface area contributed by atoms with Gasteiger partial charge < -0.3 is 11.1 Å². The van der Waals surface area contributed by atoms with E-state index in [0.717, 1.165) is 16.7 Å². The first kappa shape index (κ1) is 12.2. The molecule has 0 unspecified atom stereocenters. The maximum atomic E-state index is 12.0. The SMILES string of the molecule is Cc1ccc(C(=O)NCc2cn[nH]c2N)c(C)c1. The number of nitrogens with one attached hydrogen (secondary N) is 2. The number of aromatic nitrogens is 2. The predicted molar refractivity (Wildman–Crippen MR) is 70.1 cm³/mol. The van der Waals surface area contributed by atoms with Gasteiger partial charge in [0.2, 0.25) is 0 Å². The van der Waals surface area contributed by atoms with Crippen molar-refractivity contribution < 1.29 is 4.79 Å². The summed E-state index contributed by atoms with van der Waals surface area (Å²) in [6.07, 6.45) is 1.61. The van der Waals surface area contributed by atoms with Crippen LogP contribution in [0.4, 0.5) is 5.82 Å². The number of benzene rings is 1. The molecule has 2 rings (SSSR count). The first-order chi connectivity index (χ1) is 8.58. The second-order valence-electron chi connectivity index (χ2n) is 4.31. The molecule has 0 spiro atoms. The Balaban J connectivity index is 2.06. The average molecular weight is 244 g/mol. The van der Waals surface area contributed by atoms with Crippen molar-refractivity contribution in [2.45, 2.75) is 20.4 Å². The first-order valence-corrected chi connectivity index (χ1v) is 5.71. The van der Waals surface area contributed by atoms with E-state index in [-0.39, 0.29) is 5.91 Å². The number of anilines is 1. The molecule has 2 aromatic rings. The van der Waals surface area contributed by atoms with Crippen LogP contribution in [0.3, 0.4) is 0 Å². The molecule has 1 aromatic carbocycles. The van der Waals surface area contributed by atoms with Crippen molar-refractivity contribution in [2.75, 3.05) is 5.73 Å². The van der Waals surface area contributed by atoms with E-state index in [1.807, 2.05) is 32.0 Å². The third-order valence-electron chi connectivity index (χ3n) is 2.82. The summed E-state index contributed by atoms with van der Waals surface area (Å²) in [7, 11) is 0. The fourth-order valence-electron chi connectivity index (χ4n) is 1.80. The Bertz CT molecular complexity index is 574. The summed E-state index contributed by atoms with van der Waals surface area (Å²) in [4.78, 5) is 12.0. The Kier molecular flexibility index (Phi) is 3.32. The molecule has 5 nitrogen and oxygen atoms in total. The van der Waals surface area contributed by atoms with Gasteiger partial charge in [-0.05, 0) is 25.5 Å². The lowest BCUT2D eigenvalue weighted by Gasteiger charge is -2.07. The fourth-order valence-corrected chi connectivity index (χ4v) is 1.80. The summed E-state index contributed by atoms with van der Waals surface area (Å²) < 4.78 is 0. The Morgan fingerprint density at radius 3 is 2.83 bits per heavy atom. The van der Waals surface area contributed by atoms with E-state index in [0.29, 0.717) is 17.9 Å². The summed E-state index contributed by atoms with van der Waals surface area (Å²) in [6.45, 7) is 4.30. The van der Waals surface area contributed by atoms with Crippen molar-refractivity contribution >= 4 is 11.7 Å². The quantitative estimate of drug-likeness (QED) is 0.765. The summed E-state index contributed by atoms with van der Waals surface area (Å²) in [5, 5.41) is 9.25. The molecule has 5 heteroatoms. The molecule has 0 aliphatic heterocycles. The maximum Gasteiger partial charge on any atom is 0.251 e. The minimum Gasteiger partial charge on any atom is -0.384 e. The topological polar surface area (TPSA) is 83.8 Å². The number of H-pyrrole nitrogens is 1. The number of aryl methyl sites for hydroxylation is 2. The van der Waals surface area contributed by atoms with Gasteiger partial charge in [-0.15, -0.1) is 0 Å². The largest absolute Gasteiger partial charge is 0.384 e. The highest BCUT2D eigenvalue weighted by atomic mass is 16.1. The van der Waals surface area contributed by atoms with E-state index < -0.39 is 0 Å². The molecule has 1 heterocycles. The average Bonchev–Trinajstić information content (AvgIpc) is 2.72. The number of nitrogens with zero attached hydrogens (tertiary/aromatic N) is 1. The van der Waals surface area contributed by atoms with Crippen LogP contribution < -0.4 is 11.1 Å². The van der Waals surface area contributed by atoms with E-state index in [1.165, 1.54) is 0 Å². The number of hydrogen-bond donors (Lipinski definition) is 3. The molecule has 0 atom stereocenters. The van der Waals surface area contributed by atoms with Crippen molar-refractivity contribution in [1.82, 2.24) is 15.5 Å². The Morgan fingerprint density at radius 2 is 2.22 bits per heavy atom. The number of nitrogens with two attached hydrogens (primary N) is 1. The second-order valence-corrected chi connectivity index (χ2v) is 4.31. The predicted octanol–water partition coefficient (Wildman–Crippen LogP) is 1.54. The van der Waals surface area contributed by atoms with E-state index in [4.69, 9.17) is 5.73 Å². The smallest absolute Gasteiger partial charge is 0.251 e. The summed E-state index contributed by atoms with van der Waals surface area (Å²) in [5.41, 5.74) is 9.22. The monoisotopic (exact) mass is 244 g/mol. The maximum absolute atomic E-state index is 12.0. The van der Waals surface area contributed by atoms with Crippen LogP contribution in [0, 0.1) is 13.8 Å². The number of rotatable bonds is 3. The van der Waals surface area contributed by atoms with Crippen LogP contribution in [0.25, 0.3) is 0 Å². The van der Waals surface area contributed by atoms with E-state index in [1.54, 1.807) is 6.20 Å². The van der Waals surface area contributed by atoms with Crippen LogP contribution >= 0.6 is 0 Å². The molecule has 1 amide bonds. The fraction of sp³-hybridized carbons (Fsp3) is 0.231. The first-order valence-electron chi connectivity index (χ1n) is 5.71. The lowest BCUT2D eigenvalue weighted by molar-refractivity contribution is 0.0950. The lowest BCUT2D eigenvalue weighted by Crippen LogP contribution is -2.23. The van der Waals surface area contributed by atoms with Crippen LogP contribution in [-0.2, 0) is 6.54 Å². The van der Waals surface area contributed by atoms with Crippen LogP contribution in [0.15, 0.2) is 24.4 Å². The highest BCUT2D eigenvalue weighted by Crippen LogP contribution is 2.11. The van der Waals surface area contributed by atoms with Gasteiger partial charge in [0, 0.05) is 17.7 Å². The number of amides is 1. The van der Waals surface area contributed by atoms with Crippen LogP contribution in [0.2, 0.25) is 0 Å². The molecule has 1 aromatic heterocycles. The molecule has 0 fully saturated rings. The number of carbonyl (C=O) groups is 1. The standard InChI is InChI=1S/C13H16N4O/c1-8-3-4-11(9(2)5-8)13(18)15-6-10-7-16-17-12(10)14/h3-5,7H,6H2,1-2H3,(H,15,18)(H3,14,16,17). The minimum atomic E-state index is -0.104. The van der Waals surface area contributed by atoms with Gasteiger partial charge in [0.1, 0.15) is 5.82 Å². The molecule has 0 saturated carbocycles. The van der Waals surface area contributed by atoms with Crippen molar-refractivity contribution in [3.05, 3.63) is 46.6 Å². The normalized spacial score (nSPS) is 10.3.